The third kappa shape index (κ3) is 2.80. The lowest BCUT2D eigenvalue weighted by Crippen LogP contribution is -2.16. The summed E-state index contributed by atoms with van der Waals surface area (Å²) in [4.78, 5) is 17.0. The lowest BCUT2D eigenvalue weighted by atomic mass is 10.0. The molecular weight excluding hydrogens is 302 g/mol. The van der Waals surface area contributed by atoms with Crippen molar-refractivity contribution in [3.05, 3.63) is 52.9 Å². The van der Waals surface area contributed by atoms with Crippen molar-refractivity contribution in [2.75, 3.05) is 5.32 Å². The molecule has 0 spiro atoms. The molecule has 0 radical (unpaired) electrons. The SMILES string of the molecule is Cc1cc(NC(=O)c2c(C)nc3ccccc3c2C)no1.Cl. The van der Waals surface area contributed by atoms with E-state index in [4.69, 9.17) is 4.52 Å². The van der Waals surface area contributed by atoms with Gasteiger partial charge in [0.15, 0.2) is 5.82 Å². The number of hydrogen-bond acceptors (Lipinski definition) is 4. The van der Waals surface area contributed by atoms with Gasteiger partial charge in [0.05, 0.1) is 16.8 Å². The number of amides is 1. The summed E-state index contributed by atoms with van der Waals surface area (Å²) in [7, 11) is 0. The summed E-state index contributed by atoms with van der Waals surface area (Å²) < 4.78 is 4.95. The molecule has 0 aliphatic carbocycles. The third-order valence-corrected chi connectivity index (χ3v) is 3.43. The number of nitrogens with zero attached hydrogens (tertiary/aromatic N) is 2. The zero-order chi connectivity index (χ0) is 15.0. The predicted molar refractivity (Wildman–Crippen MR) is 87.7 cm³/mol. The van der Waals surface area contributed by atoms with Crippen LogP contribution in [0.4, 0.5) is 5.82 Å². The molecule has 3 rings (SSSR count). The number of carbonyl (C=O) groups excluding carboxylic acids is 1. The number of aryl methyl sites for hydroxylation is 3. The number of aromatic nitrogens is 2. The number of fused-ring (bicyclic) bond motifs is 1. The molecule has 0 saturated heterocycles. The van der Waals surface area contributed by atoms with Crippen molar-refractivity contribution in [1.82, 2.24) is 10.1 Å². The highest BCUT2D eigenvalue weighted by atomic mass is 35.5. The molecule has 0 fully saturated rings. The fraction of sp³-hybridized carbons (Fsp3) is 0.188. The van der Waals surface area contributed by atoms with Gasteiger partial charge in [-0.05, 0) is 32.4 Å². The standard InChI is InChI=1S/C16H15N3O2.ClH/c1-9-8-14(19-21-9)18-16(20)15-10(2)12-6-4-5-7-13(12)17-11(15)3;/h4-8H,1-3H3,(H,18,19,20);1H. The summed E-state index contributed by atoms with van der Waals surface area (Å²) in [6.45, 7) is 5.54. The molecule has 0 atom stereocenters. The van der Waals surface area contributed by atoms with Crippen LogP contribution in [0.2, 0.25) is 0 Å². The molecule has 6 heteroatoms. The maximum absolute atomic E-state index is 12.5. The molecule has 22 heavy (non-hydrogen) atoms. The van der Waals surface area contributed by atoms with Gasteiger partial charge in [-0.15, -0.1) is 12.4 Å². The molecule has 1 amide bonds. The van der Waals surface area contributed by atoms with Gasteiger partial charge in [-0.3, -0.25) is 9.78 Å². The number of pyridine rings is 1. The first kappa shape index (κ1) is 16.0. The van der Waals surface area contributed by atoms with Crippen LogP contribution in [0.5, 0.6) is 0 Å². The number of benzene rings is 1. The Morgan fingerprint density at radius 3 is 2.59 bits per heavy atom. The van der Waals surface area contributed by atoms with Crippen molar-refractivity contribution >= 4 is 35.0 Å². The minimum absolute atomic E-state index is 0. The summed E-state index contributed by atoms with van der Waals surface area (Å²) >= 11 is 0. The number of anilines is 1. The average Bonchev–Trinajstić information content (AvgIpc) is 2.84. The molecule has 0 bridgehead atoms. The number of hydrogen-bond donors (Lipinski definition) is 1. The Bertz CT molecular complexity index is 843. The number of rotatable bonds is 2. The summed E-state index contributed by atoms with van der Waals surface area (Å²) in [5.41, 5.74) is 3.08. The van der Waals surface area contributed by atoms with Gasteiger partial charge in [0, 0.05) is 11.5 Å². The van der Waals surface area contributed by atoms with E-state index in [1.54, 1.807) is 13.0 Å². The van der Waals surface area contributed by atoms with Gasteiger partial charge >= 0.3 is 0 Å². The number of para-hydroxylation sites is 1. The number of halogens is 1. The Kier molecular flexibility index (Phi) is 4.47. The first-order valence-electron chi connectivity index (χ1n) is 6.67. The van der Waals surface area contributed by atoms with Crippen molar-refractivity contribution in [2.24, 2.45) is 0 Å². The van der Waals surface area contributed by atoms with Gasteiger partial charge in [0.25, 0.3) is 5.91 Å². The van der Waals surface area contributed by atoms with Gasteiger partial charge in [-0.2, -0.15) is 0 Å². The number of nitrogens with one attached hydrogen (secondary N) is 1. The summed E-state index contributed by atoms with van der Waals surface area (Å²) in [5.74, 6) is 0.830. The minimum Gasteiger partial charge on any atom is -0.360 e. The van der Waals surface area contributed by atoms with Crippen LogP contribution in [0.1, 0.15) is 27.4 Å². The van der Waals surface area contributed by atoms with E-state index in [1.807, 2.05) is 38.1 Å². The van der Waals surface area contributed by atoms with E-state index in [0.29, 0.717) is 22.8 Å². The molecular formula is C16H16ClN3O2. The first-order valence-corrected chi connectivity index (χ1v) is 6.67. The van der Waals surface area contributed by atoms with Crippen molar-refractivity contribution < 1.29 is 9.32 Å². The fourth-order valence-electron chi connectivity index (χ4n) is 2.47. The highest BCUT2D eigenvalue weighted by molar-refractivity contribution is 6.08. The maximum Gasteiger partial charge on any atom is 0.259 e. The monoisotopic (exact) mass is 317 g/mol. The van der Waals surface area contributed by atoms with Crippen molar-refractivity contribution in [3.8, 4) is 0 Å². The molecule has 0 unspecified atom stereocenters. The van der Waals surface area contributed by atoms with E-state index in [0.717, 1.165) is 16.5 Å². The topological polar surface area (TPSA) is 68.0 Å². The van der Waals surface area contributed by atoms with E-state index in [2.05, 4.69) is 15.5 Å². The van der Waals surface area contributed by atoms with Crippen LogP contribution in [-0.4, -0.2) is 16.0 Å². The van der Waals surface area contributed by atoms with Crippen LogP contribution >= 0.6 is 12.4 Å². The fourth-order valence-corrected chi connectivity index (χ4v) is 2.47. The van der Waals surface area contributed by atoms with Gasteiger partial charge in [0.2, 0.25) is 0 Å². The van der Waals surface area contributed by atoms with E-state index < -0.39 is 0 Å². The van der Waals surface area contributed by atoms with Crippen molar-refractivity contribution in [3.63, 3.8) is 0 Å². The molecule has 0 aliphatic rings. The zero-order valence-corrected chi connectivity index (χ0v) is 13.3. The number of carbonyl (C=O) groups is 1. The predicted octanol–water partition coefficient (Wildman–Crippen LogP) is 3.82. The zero-order valence-electron chi connectivity index (χ0n) is 12.5. The van der Waals surface area contributed by atoms with Gasteiger partial charge in [-0.1, -0.05) is 23.4 Å². The smallest absolute Gasteiger partial charge is 0.259 e. The molecule has 0 saturated carbocycles. The van der Waals surface area contributed by atoms with Crippen LogP contribution in [0.3, 0.4) is 0 Å². The van der Waals surface area contributed by atoms with Crippen LogP contribution < -0.4 is 5.32 Å². The van der Waals surface area contributed by atoms with E-state index >= 15 is 0 Å². The summed E-state index contributed by atoms with van der Waals surface area (Å²) in [5, 5.41) is 7.49. The molecule has 5 nitrogen and oxygen atoms in total. The lowest BCUT2D eigenvalue weighted by Gasteiger charge is -2.11. The molecule has 3 aromatic rings. The Hall–Kier alpha value is -2.40. The van der Waals surface area contributed by atoms with Crippen LogP contribution in [-0.2, 0) is 0 Å². The van der Waals surface area contributed by atoms with E-state index in [9.17, 15) is 4.79 Å². The second-order valence-electron chi connectivity index (χ2n) is 4.99. The lowest BCUT2D eigenvalue weighted by molar-refractivity contribution is 0.102. The minimum atomic E-state index is -0.225. The first-order chi connectivity index (χ1) is 10.1. The summed E-state index contributed by atoms with van der Waals surface area (Å²) in [6.07, 6.45) is 0. The van der Waals surface area contributed by atoms with Crippen LogP contribution in [0, 0.1) is 20.8 Å². The normalized spacial score (nSPS) is 10.3. The van der Waals surface area contributed by atoms with Crippen molar-refractivity contribution in [1.29, 1.82) is 0 Å². The van der Waals surface area contributed by atoms with Crippen LogP contribution in [0.15, 0.2) is 34.9 Å². The molecule has 0 aliphatic heterocycles. The molecule has 1 aromatic carbocycles. The van der Waals surface area contributed by atoms with E-state index in [-0.39, 0.29) is 18.3 Å². The van der Waals surface area contributed by atoms with Gasteiger partial charge in [0.1, 0.15) is 5.76 Å². The average molecular weight is 318 g/mol. The highest BCUT2D eigenvalue weighted by Gasteiger charge is 2.17. The molecule has 2 aromatic heterocycles. The van der Waals surface area contributed by atoms with Gasteiger partial charge < -0.3 is 9.84 Å². The third-order valence-electron chi connectivity index (χ3n) is 3.43. The van der Waals surface area contributed by atoms with Gasteiger partial charge in [-0.25, -0.2) is 0 Å². The summed E-state index contributed by atoms with van der Waals surface area (Å²) in [6, 6.07) is 9.46. The van der Waals surface area contributed by atoms with E-state index in [1.165, 1.54) is 0 Å². The Morgan fingerprint density at radius 1 is 1.18 bits per heavy atom. The Balaban J connectivity index is 0.00000176. The van der Waals surface area contributed by atoms with Crippen molar-refractivity contribution in [2.45, 2.75) is 20.8 Å². The second-order valence-corrected chi connectivity index (χ2v) is 4.99. The van der Waals surface area contributed by atoms with Crippen LogP contribution in [0.25, 0.3) is 10.9 Å². The molecule has 114 valence electrons. The highest BCUT2D eigenvalue weighted by Crippen LogP contribution is 2.23. The molecule has 2 heterocycles. The quantitative estimate of drug-likeness (QED) is 0.780. The largest absolute Gasteiger partial charge is 0.360 e. The Labute approximate surface area is 134 Å². The Morgan fingerprint density at radius 2 is 1.91 bits per heavy atom. The molecule has 1 N–H and O–H groups in total. The second kappa shape index (κ2) is 6.15. The maximum atomic E-state index is 12.5.